The molecule has 7 heteroatoms. The molecule has 0 saturated carbocycles. The summed E-state index contributed by atoms with van der Waals surface area (Å²) < 4.78 is 11.8. The van der Waals surface area contributed by atoms with Crippen molar-refractivity contribution in [3.63, 3.8) is 0 Å². The standard InChI is InChI=1S/C21H27N3O4/c1-13(2)28-19-11-17-16(10-18(19)20(22)26)4-7-23-21(17)27-12-15-5-8-24(9-6-15)14(3)25/h4,7,10-11,13,15H,5-6,8-9,12H2,1-3H3,(H2,22,26). The summed E-state index contributed by atoms with van der Waals surface area (Å²) >= 11 is 0. The highest BCUT2D eigenvalue weighted by molar-refractivity contribution is 6.01. The van der Waals surface area contributed by atoms with Gasteiger partial charge in [-0.3, -0.25) is 9.59 Å². The number of pyridine rings is 1. The second-order valence-electron chi connectivity index (χ2n) is 7.48. The van der Waals surface area contributed by atoms with Gasteiger partial charge in [-0.1, -0.05) is 0 Å². The van der Waals surface area contributed by atoms with Crippen molar-refractivity contribution in [3.8, 4) is 11.6 Å². The fourth-order valence-corrected chi connectivity index (χ4v) is 3.44. The van der Waals surface area contributed by atoms with Crippen LogP contribution in [-0.4, -0.2) is 47.5 Å². The molecule has 150 valence electrons. The minimum atomic E-state index is -0.533. The average Bonchev–Trinajstić information content (AvgIpc) is 2.65. The number of rotatable bonds is 6. The summed E-state index contributed by atoms with van der Waals surface area (Å²) in [5.41, 5.74) is 5.86. The number of aromatic nitrogens is 1. The van der Waals surface area contributed by atoms with Crippen molar-refractivity contribution in [2.75, 3.05) is 19.7 Å². The Bertz CT molecular complexity index is 873. The molecule has 1 saturated heterocycles. The number of ether oxygens (including phenoxy) is 2. The van der Waals surface area contributed by atoms with Crippen LogP contribution in [0, 0.1) is 5.92 Å². The van der Waals surface area contributed by atoms with Crippen LogP contribution >= 0.6 is 0 Å². The minimum Gasteiger partial charge on any atom is -0.490 e. The first-order chi connectivity index (χ1) is 13.3. The van der Waals surface area contributed by atoms with Crippen molar-refractivity contribution >= 4 is 22.6 Å². The number of piperidine rings is 1. The maximum Gasteiger partial charge on any atom is 0.252 e. The second-order valence-corrected chi connectivity index (χ2v) is 7.48. The molecule has 0 radical (unpaired) electrons. The van der Waals surface area contributed by atoms with E-state index in [0.717, 1.165) is 36.7 Å². The van der Waals surface area contributed by atoms with Crippen LogP contribution < -0.4 is 15.2 Å². The molecule has 1 aliphatic rings. The van der Waals surface area contributed by atoms with Crippen LogP contribution in [0.1, 0.15) is 44.0 Å². The highest BCUT2D eigenvalue weighted by atomic mass is 16.5. The number of carbonyl (C=O) groups excluding carboxylic acids is 2. The van der Waals surface area contributed by atoms with E-state index in [-0.39, 0.29) is 12.0 Å². The number of benzene rings is 1. The van der Waals surface area contributed by atoms with Crippen LogP contribution in [0.15, 0.2) is 24.4 Å². The largest absolute Gasteiger partial charge is 0.490 e. The van der Waals surface area contributed by atoms with E-state index < -0.39 is 5.91 Å². The number of carbonyl (C=O) groups is 2. The fourth-order valence-electron chi connectivity index (χ4n) is 3.44. The molecule has 2 aromatic rings. The number of nitrogens with two attached hydrogens (primary N) is 1. The summed E-state index contributed by atoms with van der Waals surface area (Å²) in [7, 11) is 0. The van der Waals surface area contributed by atoms with Gasteiger partial charge in [0.05, 0.1) is 18.3 Å². The Morgan fingerprint density at radius 2 is 2.00 bits per heavy atom. The minimum absolute atomic E-state index is 0.0944. The number of amides is 2. The average molecular weight is 385 g/mol. The van der Waals surface area contributed by atoms with Gasteiger partial charge in [-0.15, -0.1) is 0 Å². The smallest absolute Gasteiger partial charge is 0.252 e. The third-order valence-electron chi connectivity index (χ3n) is 4.97. The molecule has 0 spiro atoms. The van der Waals surface area contributed by atoms with E-state index in [1.54, 1.807) is 25.3 Å². The summed E-state index contributed by atoms with van der Waals surface area (Å²) in [4.78, 5) is 29.5. The molecule has 1 aromatic heterocycles. The lowest BCUT2D eigenvalue weighted by Crippen LogP contribution is -2.38. The number of likely N-dealkylation sites (tertiary alicyclic amines) is 1. The number of primary amides is 1. The lowest BCUT2D eigenvalue weighted by Gasteiger charge is -2.31. The van der Waals surface area contributed by atoms with Crippen molar-refractivity contribution in [1.29, 1.82) is 0 Å². The zero-order chi connectivity index (χ0) is 20.3. The van der Waals surface area contributed by atoms with Crippen LogP contribution in [0.25, 0.3) is 10.8 Å². The Balaban J connectivity index is 1.80. The fraction of sp³-hybridized carbons (Fsp3) is 0.476. The van der Waals surface area contributed by atoms with Gasteiger partial charge in [0.1, 0.15) is 5.75 Å². The summed E-state index contributed by atoms with van der Waals surface area (Å²) in [6.45, 7) is 7.46. The Kier molecular flexibility index (Phi) is 6.02. The molecule has 0 unspecified atom stereocenters. The van der Waals surface area contributed by atoms with Crippen molar-refractivity contribution in [2.24, 2.45) is 11.7 Å². The zero-order valence-electron chi connectivity index (χ0n) is 16.6. The predicted molar refractivity (Wildman–Crippen MR) is 106 cm³/mol. The van der Waals surface area contributed by atoms with Crippen LogP contribution in [0.2, 0.25) is 0 Å². The SMILES string of the molecule is CC(=O)N1CCC(COc2nccc3cc(C(N)=O)c(OC(C)C)cc23)CC1. The molecule has 1 fully saturated rings. The Morgan fingerprint density at radius 1 is 1.29 bits per heavy atom. The summed E-state index contributed by atoms with van der Waals surface area (Å²) in [6.07, 6.45) is 3.39. The quantitative estimate of drug-likeness (QED) is 0.825. The van der Waals surface area contributed by atoms with E-state index >= 15 is 0 Å². The lowest BCUT2D eigenvalue weighted by atomic mass is 9.98. The number of hydrogen-bond donors (Lipinski definition) is 1. The summed E-state index contributed by atoms with van der Waals surface area (Å²) in [6, 6.07) is 5.31. The molecule has 0 bridgehead atoms. The first kappa shape index (κ1) is 19.9. The molecule has 0 atom stereocenters. The van der Waals surface area contributed by atoms with E-state index in [1.165, 1.54) is 0 Å². The van der Waals surface area contributed by atoms with Crippen LogP contribution in [0.5, 0.6) is 11.6 Å². The molecule has 28 heavy (non-hydrogen) atoms. The van der Waals surface area contributed by atoms with Gasteiger partial charge >= 0.3 is 0 Å². The maximum atomic E-state index is 11.8. The number of nitrogens with zero attached hydrogens (tertiary/aromatic N) is 2. The first-order valence-corrected chi connectivity index (χ1v) is 9.62. The van der Waals surface area contributed by atoms with Crippen LogP contribution in [0.4, 0.5) is 0 Å². The molecular formula is C21H27N3O4. The van der Waals surface area contributed by atoms with E-state index in [0.29, 0.717) is 29.7 Å². The Labute approximate surface area is 164 Å². The van der Waals surface area contributed by atoms with Gasteiger partial charge in [-0.2, -0.15) is 0 Å². The van der Waals surface area contributed by atoms with E-state index in [4.69, 9.17) is 15.2 Å². The normalized spacial score (nSPS) is 15.1. The van der Waals surface area contributed by atoms with Crippen molar-refractivity contribution in [1.82, 2.24) is 9.88 Å². The van der Waals surface area contributed by atoms with E-state index in [2.05, 4.69) is 4.98 Å². The van der Waals surface area contributed by atoms with Crippen molar-refractivity contribution in [3.05, 3.63) is 30.0 Å². The summed E-state index contributed by atoms with van der Waals surface area (Å²) in [5, 5.41) is 1.60. The van der Waals surface area contributed by atoms with Crippen LogP contribution in [-0.2, 0) is 4.79 Å². The van der Waals surface area contributed by atoms with Gasteiger partial charge in [0, 0.05) is 31.6 Å². The van der Waals surface area contributed by atoms with Gasteiger partial charge in [-0.05, 0) is 56.2 Å². The molecule has 2 amide bonds. The third-order valence-corrected chi connectivity index (χ3v) is 4.97. The Morgan fingerprint density at radius 3 is 2.61 bits per heavy atom. The first-order valence-electron chi connectivity index (χ1n) is 9.62. The molecule has 2 N–H and O–H groups in total. The maximum absolute atomic E-state index is 11.8. The molecule has 2 heterocycles. The Hall–Kier alpha value is -2.83. The molecule has 0 aliphatic carbocycles. The third kappa shape index (κ3) is 4.52. The molecule has 1 aromatic carbocycles. The van der Waals surface area contributed by atoms with Gasteiger partial charge in [0.25, 0.3) is 5.91 Å². The van der Waals surface area contributed by atoms with Gasteiger partial charge in [-0.25, -0.2) is 4.98 Å². The zero-order valence-corrected chi connectivity index (χ0v) is 16.6. The second kappa shape index (κ2) is 8.46. The summed E-state index contributed by atoms with van der Waals surface area (Å²) in [5.74, 6) is 0.912. The van der Waals surface area contributed by atoms with Gasteiger partial charge < -0.3 is 20.1 Å². The number of fused-ring (bicyclic) bond motifs is 1. The predicted octanol–water partition coefficient (Wildman–Crippen LogP) is 2.76. The monoisotopic (exact) mass is 385 g/mol. The highest BCUT2D eigenvalue weighted by Gasteiger charge is 2.22. The molecule has 7 nitrogen and oxygen atoms in total. The highest BCUT2D eigenvalue weighted by Crippen LogP contribution is 2.32. The lowest BCUT2D eigenvalue weighted by molar-refractivity contribution is -0.130. The van der Waals surface area contributed by atoms with Crippen molar-refractivity contribution in [2.45, 2.75) is 39.7 Å². The van der Waals surface area contributed by atoms with Gasteiger partial charge in [0.2, 0.25) is 11.8 Å². The van der Waals surface area contributed by atoms with Crippen molar-refractivity contribution < 1.29 is 19.1 Å². The number of hydrogen-bond acceptors (Lipinski definition) is 5. The molecule has 3 rings (SSSR count). The molecule has 1 aliphatic heterocycles. The van der Waals surface area contributed by atoms with E-state index in [1.807, 2.05) is 24.8 Å². The van der Waals surface area contributed by atoms with E-state index in [9.17, 15) is 9.59 Å². The molecular weight excluding hydrogens is 358 g/mol. The van der Waals surface area contributed by atoms with Gasteiger partial charge in [0.15, 0.2) is 0 Å². The topological polar surface area (TPSA) is 94.8 Å². The van der Waals surface area contributed by atoms with Crippen LogP contribution in [0.3, 0.4) is 0 Å².